The lowest BCUT2D eigenvalue weighted by molar-refractivity contribution is 0.0493. The zero-order chi connectivity index (χ0) is 13.7. The number of carbonyl (C=O) groups excluding carboxylic acids is 1. The van der Waals surface area contributed by atoms with Crippen LogP contribution in [-0.2, 0) is 4.74 Å². The van der Waals surface area contributed by atoms with Gasteiger partial charge < -0.3 is 19.7 Å². The minimum Gasteiger partial charge on any atom is -0.471 e. The average Bonchev–Trinajstić information content (AvgIpc) is 2.42. The van der Waals surface area contributed by atoms with Crippen LogP contribution in [0.15, 0.2) is 24.3 Å². The summed E-state index contributed by atoms with van der Waals surface area (Å²) in [6.45, 7) is 4.17. The standard InChI is InChI=1S/C13H17ClN2O3/c1-10(19-12-4-2-11(14)3-5-12)15-13(17)16-6-8-18-9-7-16/h2-5,10H,6-9H2,1H3,(H,15,17). The molecule has 1 aliphatic rings. The highest BCUT2D eigenvalue weighted by molar-refractivity contribution is 6.30. The van der Waals surface area contributed by atoms with Gasteiger partial charge in [0.05, 0.1) is 13.2 Å². The Balaban J connectivity index is 1.81. The lowest BCUT2D eigenvalue weighted by atomic mass is 10.3. The smallest absolute Gasteiger partial charge is 0.320 e. The van der Waals surface area contributed by atoms with E-state index in [1.807, 2.05) is 0 Å². The lowest BCUT2D eigenvalue weighted by Gasteiger charge is -2.28. The Morgan fingerprint density at radius 1 is 1.37 bits per heavy atom. The predicted octanol–water partition coefficient (Wildman–Crippen LogP) is 2.11. The molecule has 0 aromatic heterocycles. The fraction of sp³-hybridized carbons (Fsp3) is 0.462. The normalized spacial score (nSPS) is 16.8. The van der Waals surface area contributed by atoms with Crippen molar-refractivity contribution in [1.82, 2.24) is 10.2 Å². The SMILES string of the molecule is CC(NC(=O)N1CCOCC1)Oc1ccc(Cl)cc1. The zero-order valence-corrected chi connectivity index (χ0v) is 11.5. The highest BCUT2D eigenvalue weighted by Crippen LogP contribution is 2.16. The molecule has 0 aliphatic carbocycles. The van der Waals surface area contributed by atoms with Gasteiger partial charge in [-0.25, -0.2) is 4.79 Å². The van der Waals surface area contributed by atoms with Gasteiger partial charge in [0.15, 0.2) is 6.23 Å². The van der Waals surface area contributed by atoms with Crippen molar-refractivity contribution in [3.63, 3.8) is 0 Å². The molecule has 1 unspecified atom stereocenters. The molecule has 0 saturated carbocycles. The van der Waals surface area contributed by atoms with Gasteiger partial charge in [-0.3, -0.25) is 0 Å². The highest BCUT2D eigenvalue weighted by atomic mass is 35.5. The van der Waals surface area contributed by atoms with E-state index in [0.717, 1.165) is 0 Å². The Morgan fingerprint density at radius 3 is 2.63 bits per heavy atom. The maximum Gasteiger partial charge on any atom is 0.320 e. The molecule has 1 N–H and O–H groups in total. The largest absolute Gasteiger partial charge is 0.471 e. The molecule has 1 saturated heterocycles. The molecular weight excluding hydrogens is 268 g/mol. The Kier molecular flexibility index (Phi) is 4.87. The van der Waals surface area contributed by atoms with E-state index in [-0.39, 0.29) is 6.03 Å². The maximum atomic E-state index is 11.9. The molecule has 2 amide bonds. The fourth-order valence-electron chi connectivity index (χ4n) is 1.78. The van der Waals surface area contributed by atoms with Crippen molar-refractivity contribution < 1.29 is 14.3 Å². The van der Waals surface area contributed by atoms with Gasteiger partial charge in [0.2, 0.25) is 0 Å². The molecule has 1 aliphatic heterocycles. The van der Waals surface area contributed by atoms with Gasteiger partial charge in [-0.05, 0) is 31.2 Å². The molecular formula is C13H17ClN2O3. The van der Waals surface area contributed by atoms with Crippen LogP contribution in [0.5, 0.6) is 5.75 Å². The number of nitrogens with zero attached hydrogens (tertiary/aromatic N) is 1. The second-order valence-corrected chi connectivity index (χ2v) is 4.70. The maximum absolute atomic E-state index is 11.9. The number of morpholine rings is 1. The summed E-state index contributed by atoms with van der Waals surface area (Å²) in [6, 6.07) is 6.88. The Bertz CT molecular complexity index is 418. The number of rotatable bonds is 3. The number of carbonyl (C=O) groups is 1. The molecule has 1 fully saturated rings. The number of benzene rings is 1. The van der Waals surface area contributed by atoms with Crippen LogP contribution in [-0.4, -0.2) is 43.5 Å². The number of ether oxygens (including phenoxy) is 2. The summed E-state index contributed by atoms with van der Waals surface area (Å²) < 4.78 is 10.8. The fourth-order valence-corrected chi connectivity index (χ4v) is 1.90. The summed E-state index contributed by atoms with van der Waals surface area (Å²) in [7, 11) is 0. The third kappa shape index (κ3) is 4.29. The van der Waals surface area contributed by atoms with Gasteiger partial charge in [-0.2, -0.15) is 0 Å². The van der Waals surface area contributed by atoms with Gasteiger partial charge in [-0.1, -0.05) is 11.6 Å². The van der Waals surface area contributed by atoms with Gasteiger partial charge in [0, 0.05) is 18.1 Å². The first kappa shape index (κ1) is 14.0. The number of nitrogens with one attached hydrogen (secondary N) is 1. The molecule has 6 heteroatoms. The molecule has 19 heavy (non-hydrogen) atoms. The monoisotopic (exact) mass is 284 g/mol. The second kappa shape index (κ2) is 6.63. The van der Waals surface area contributed by atoms with Crippen molar-refractivity contribution in [2.75, 3.05) is 26.3 Å². The van der Waals surface area contributed by atoms with Crippen LogP contribution in [0, 0.1) is 0 Å². The molecule has 1 aromatic carbocycles. The first-order valence-corrected chi connectivity index (χ1v) is 6.58. The summed E-state index contributed by atoms with van der Waals surface area (Å²) >= 11 is 5.79. The summed E-state index contributed by atoms with van der Waals surface area (Å²) in [6.07, 6.45) is -0.406. The van der Waals surface area contributed by atoms with Crippen LogP contribution in [0.1, 0.15) is 6.92 Å². The summed E-state index contributed by atoms with van der Waals surface area (Å²) in [5, 5.41) is 3.44. The first-order valence-electron chi connectivity index (χ1n) is 6.20. The third-order valence-corrected chi connectivity index (χ3v) is 3.00. The van der Waals surface area contributed by atoms with Crippen LogP contribution in [0.25, 0.3) is 0 Å². The summed E-state index contributed by atoms with van der Waals surface area (Å²) in [5.74, 6) is 0.666. The first-order chi connectivity index (χ1) is 9.15. The topological polar surface area (TPSA) is 50.8 Å². The van der Waals surface area contributed by atoms with Gasteiger partial charge >= 0.3 is 6.03 Å². The van der Waals surface area contributed by atoms with Crippen molar-refractivity contribution in [1.29, 1.82) is 0 Å². The van der Waals surface area contributed by atoms with E-state index < -0.39 is 6.23 Å². The van der Waals surface area contributed by atoms with Gasteiger partial charge in [0.1, 0.15) is 5.75 Å². The molecule has 104 valence electrons. The van der Waals surface area contributed by atoms with E-state index in [1.165, 1.54) is 0 Å². The van der Waals surface area contributed by atoms with E-state index in [1.54, 1.807) is 36.1 Å². The third-order valence-electron chi connectivity index (χ3n) is 2.75. The van der Waals surface area contributed by atoms with Crippen molar-refractivity contribution in [3.05, 3.63) is 29.3 Å². The molecule has 1 aromatic rings. The van der Waals surface area contributed by atoms with E-state index in [4.69, 9.17) is 21.1 Å². The second-order valence-electron chi connectivity index (χ2n) is 4.26. The molecule has 0 bridgehead atoms. The van der Waals surface area contributed by atoms with Crippen molar-refractivity contribution >= 4 is 17.6 Å². The molecule has 1 atom stereocenters. The predicted molar refractivity (Wildman–Crippen MR) is 72.5 cm³/mol. The van der Waals surface area contributed by atoms with Crippen molar-refractivity contribution in [3.8, 4) is 5.75 Å². The Hall–Kier alpha value is -1.46. The molecule has 2 rings (SSSR count). The minimum atomic E-state index is -0.406. The van der Waals surface area contributed by atoms with Crippen LogP contribution in [0.2, 0.25) is 5.02 Å². The quantitative estimate of drug-likeness (QED) is 0.865. The van der Waals surface area contributed by atoms with Crippen molar-refractivity contribution in [2.24, 2.45) is 0 Å². The minimum absolute atomic E-state index is 0.134. The number of hydrogen-bond donors (Lipinski definition) is 1. The highest BCUT2D eigenvalue weighted by Gasteiger charge is 2.18. The van der Waals surface area contributed by atoms with Crippen LogP contribution < -0.4 is 10.1 Å². The molecule has 0 spiro atoms. The van der Waals surface area contributed by atoms with E-state index in [9.17, 15) is 4.79 Å². The zero-order valence-electron chi connectivity index (χ0n) is 10.8. The molecule has 0 radical (unpaired) electrons. The number of urea groups is 1. The molecule has 1 heterocycles. The average molecular weight is 285 g/mol. The van der Waals surface area contributed by atoms with Crippen LogP contribution in [0.4, 0.5) is 4.79 Å². The van der Waals surface area contributed by atoms with E-state index >= 15 is 0 Å². The number of hydrogen-bond acceptors (Lipinski definition) is 3. The summed E-state index contributed by atoms with van der Waals surface area (Å²) in [5.41, 5.74) is 0. The van der Waals surface area contributed by atoms with E-state index in [2.05, 4.69) is 5.32 Å². The van der Waals surface area contributed by atoms with Gasteiger partial charge in [0.25, 0.3) is 0 Å². The number of amides is 2. The molecule has 5 nitrogen and oxygen atoms in total. The lowest BCUT2D eigenvalue weighted by Crippen LogP contribution is -2.49. The summed E-state index contributed by atoms with van der Waals surface area (Å²) in [4.78, 5) is 13.6. The van der Waals surface area contributed by atoms with Crippen LogP contribution >= 0.6 is 11.6 Å². The Morgan fingerprint density at radius 2 is 2.00 bits per heavy atom. The van der Waals surface area contributed by atoms with Gasteiger partial charge in [-0.15, -0.1) is 0 Å². The number of halogens is 1. The van der Waals surface area contributed by atoms with Crippen molar-refractivity contribution in [2.45, 2.75) is 13.2 Å². The van der Waals surface area contributed by atoms with E-state index in [0.29, 0.717) is 37.1 Å². The Labute approximate surface area is 117 Å². The van der Waals surface area contributed by atoms with Crippen LogP contribution in [0.3, 0.4) is 0 Å².